The van der Waals surface area contributed by atoms with Crippen LogP contribution in [0, 0.1) is 0 Å². The van der Waals surface area contributed by atoms with Gasteiger partial charge in [0.25, 0.3) is 0 Å². The van der Waals surface area contributed by atoms with E-state index in [2.05, 4.69) is 10.3 Å². The molecule has 0 aliphatic carbocycles. The molecule has 0 bridgehead atoms. The zero-order chi connectivity index (χ0) is 22.1. The summed E-state index contributed by atoms with van der Waals surface area (Å²) in [6.45, 7) is 1.38. The molecule has 7 nitrogen and oxygen atoms in total. The molecule has 3 aromatic heterocycles. The Hall–Kier alpha value is -4.07. The summed E-state index contributed by atoms with van der Waals surface area (Å²) in [7, 11) is 0. The van der Waals surface area contributed by atoms with Gasteiger partial charge in [-0.25, -0.2) is 19.0 Å². The number of rotatable bonds is 6. The van der Waals surface area contributed by atoms with Crippen molar-refractivity contribution >= 4 is 5.65 Å². The fraction of sp³-hybridized carbons (Fsp3) is 0.167. The number of fused-ring (bicyclic) bond motifs is 1. The maximum Gasteiger partial charge on any atom is 0.219 e. The predicted octanol–water partition coefficient (Wildman–Crippen LogP) is 4.36. The number of nitrogens with zero attached hydrogens (tertiary/aromatic N) is 6. The lowest BCUT2D eigenvalue weighted by Gasteiger charge is -2.07. The number of alkyl halides is 1. The molecule has 0 amide bonds. The number of aromatic nitrogens is 6. The van der Waals surface area contributed by atoms with Crippen LogP contribution in [0.5, 0.6) is 5.88 Å². The standard InChI is InChI=1S/C24H21FN6O/c1-16(25)31-15-22(28-29-31)21-14-30-23(19(26-21)12-17-8-4-2-5-9-17)27-20(24(30)32)13-18-10-6-3-7-11-18/h2-11,14-16,32H,12-13H2,1H3. The van der Waals surface area contributed by atoms with Crippen molar-refractivity contribution in [3.05, 3.63) is 95.6 Å². The van der Waals surface area contributed by atoms with Crippen molar-refractivity contribution in [3.8, 4) is 17.3 Å². The molecule has 1 N–H and O–H groups in total. The lowest BCUT2D eigenvalue weighted by molar-refractivity contribution is 0.241. The first-order valence-electron chi connectivity index (χ1n) is 10.3. The summed E-state index contributed by atoms with van der Waals surface area (Å²) in [6, 6.07) is 19.8. The molecule has 0 saturated heterocycles. The van der Waals surface area contributed by atoms with Crippen molar-refractivity contribution in [2.45, 2.75) is 26.1 Å². The highest BCUT2D eigenvalue weighted by Gasteiger charge is 2.19. The lowest BCUT2D eigenvalue weighted by atomic mass is 10.1. The van der Waals surface area contributed by atoms with Crippen LogP contribution in [-0.4, -0.2) is 34.5 Å². The second-order valence-corrected chi connectivity index (χ2v) is 7.63. The fourth-order valence-electron chi connectivity index (χ4n) is 3.65. The van der Waals surface area contributed by atoms with E-state index in [0.717, 1.165) is 15.8 Å². The first-order valence-corrected chi connectivity index (χ1v) is 10.3. The van der Waals surface area contributed by atoms with E-state index in [1.54, 1.807) is 10.6 Å². The Bertz CT molecular complexity index is 1360. The smallest absolute Gasteiger partial charge is 0.219 e. The van der Waals surface area contributed by atoms with Crippen molar-refractivity contribution in [1.82, 2.24) is 29.4 Å². The third-order valence-electron chi connectivity index (χ3n) is 5.29. The maximum atomic E-state index is 13.6. The average Bonchev–Trinajstić information content (AvgIpc) is 3.42. The normalized spacial score (nSPS) is 12.3. The van der Waals surface area contributed by atoms with E-state index in [1.807, 2.05) is 60.7 Å². The number of imidazole rings is 1. The van der Waals surface area contributed by atoms with Crippen LogP contribution in [0.1, 0.15) is 35.7 Å². The molecule has 2 aromatic carbocycles. The van der Waals surface area contributed by atoms with Crippen molar-refractivity contribution < 1.29 is 9.50 Å². The minimum absolute atomic E-state index is 0.0491. The van der Waals surface area contributed by atoms with Gasteiger partial charge in [-0.3, -0.25) is 4.40 Å². The van der Waals surface area contributed by atoms with Crippen molar-refractivity contribution in [2.75, 3.05) is 0 Å². The summed E-state index contributed by atoms with van der Waals surface area (Å²) < 4.78 is 16.4. The highest BCUT2D eigenvalue weighted by molar-refractivity contribution is 5.60. The molecule has 0 aliphatic rings. The van der Waals surface area contributed by atoms with Crippen LogP contribution in [0.3, 0.4) is 0 Å². The molecular weight excluding hydrogens is 407 g/mol. The minimum atomic E-state index is -1.30. The molecule has 0 radical (unpaired) electrons. The summed E-state index contributed by atoms with van der Waals surface area (Å²) in [5.41, 5.74) is 4.83. The SMILES string of the molecule is CC(F)n1cc(-c2cn3c(O)c(Cc4ccccc4)nc3c(Cc3ccccc3)n2)nn1. The Morgan fingerprint density at radius 1 is 0.844 bits per heavy atom. The van der Waals surface area contributed by atoms with Crippen LogP contribution in [-0.2, 0) is 12.8 Å². The largest absolute Gasteiger partial charge is 0.493 e. The molecule has 1 unspecified atom stereocenters. The van der Waals surface area contributed by atoms with E-state index < -0.39 is 6.30 Å². The molecular formula is C24H21FN6O. The summed E-state index contributed by atoms with van der Waals surface area (Å²) in [4.78, 5) is 9.49. The molecule has 5 rings (SSSR count). The molecule has 8 heteroatoms. The Balaban J connectivity index is 1.64. The third kappa shape index (κ3) is 3.82. The van der Waals surface area contributed by atoms with E-state index in [4.69, 9.17) is 9.97 Å². The molecule has 0 spiro atoms. The summed E-state index contributed by atoms with van der Waals surface area (Å²) >= 11 is 0. The lowest BCUT2D eigenvalue weighted by Crippen LogP contribution is -2.01. The highest BCUT2D eigenvalue weighted by atomic mass is 19.1. The number of benzene rings is 2. The molecule has 1 atom stereocenters. The Labute approximate surface area is 183 Å². The van der Waals surface area contributed by atoms with Gasteiger partial charge < -0.3 is 5.11 Å². The number of hydrogen-bond acceptors (Lipinski definition) is 5. The van der Waals surface area contributed by atoms with Gasteiger partial charge >= 0.3 is 0 Å². The number of hydrogen-bond donors (Lipinski definition) is 1. The topological polar surface area (TPSA) is 81.1 Å². The van der Waals surface area contributed by atoms with Crippen LogP contribution in [0.15, 0.2) is 73.1 Å². The van der Waals surface area contributed by atoms with Crippen LogP contribution in [0.2, 0.25) is 0 Å². The molecule has 3 heterocycles. The van der Waals surface area contributed by atoms with Gasteiger partial charge in [-0.05, 0) is 18.1 Å². The van der Waals surface area contributed by atoms with Gasteiger partial charge in [0.2, 0.25) is 5.88 Å². The molecule has 32 heavy (non-hydrogen) atoms. The van der Waals surface area contributed by atoms with Crippen molar-refractivity contribution in [3.63, 3.8) is 0 Å². The Morgan fingerprint density at radius 3 is 2.06 bits per heavy atom. The molecule has 160 valence electrons. The second-order valence-electron chi connectivity index (χ2n) is 7.63. The van der Waals surface area contributed by atoms with E-state index in [1.165, 1.54) is 13.1 Å². The first kappa shape index (κ1) is 19.9. The summed E-state index contributed by atoms with van der Waals surface area (Å²) in [5.74, 6) is 0.0491. The Morgan fingerprint density at radius 2 is 1.47 bits per heavy atom. The number of aromatic hydroxyl groups is 1. The number of halogens is 1. The predicted molar refractivity (Wildman–Crippen MR) is 118 cm³/mol. The second kappa shape index (κ2) is 8.22. The molecule has 0 aliphatic heterocycles. The zero-order valence-electron chi connectivity index (χ0n) is 17.4. The Kier molecular flexibility index (Phi) is 5.10. The van der Waals surface area contributed by atoms with Crippen LogP contribution < -0.4 is 0 Å². The van der Waals surface area contributed by atoms with Gasteiger partial charge in [0.05, 0.1) is 11.9 Å². The van der Waals surface area contributed by atoms with Gasteiger partial charge in [0.15, 0.2) is 11.9 Å². The van der Waals surface area contributed by atoms with E-state index in [-0.39, 0.29) is 5.88 Å². The minimum Gasteiger partial charge on any atom is -0.493 e. The average molecular weight is 428 g/mol. The van der Waals surface area contributed by atoms with Gasteiger partial charge in [-0.1, -0.05) is 65.9 Å². The van der Waals surface area contributed by atoms with Crippen LogP contribution in [0.25, 0.3) is 17.0 Å². The highest BCUT2D eigenvalue weighted by Crippen LogP contribution is 2.27. The molecule has 5 aromatic rings. The molecule has 0 saturated carbocycles. The van der Waals surface area contributed by atoms with Crippen LogP contribution >= 0.6 is 0 Å². The first-order chi connectivity index (χ1) is 15.6. The van der Waals surface area contributed by atoms with Gasteiger partial charge in [-0.15, -0.1) is 5.10 Å². The van der Waals surface area contributed by atoms with Crippen molar-refractivity contribution in [2.24, 2.45) is 0 Å². The van der Waals surface area contributed by atoms with Crippen LogP contribution in [0.4, 0.5) is 4.39 Å². The zero-order valence-corrected chi connectivity index (χ0v) is 17.4. The van der Waals surface area contributed by atoms with Crippen molar-refractivity contribution in [1.29, 1.82) is 0 Å². The van der Waals surface area contributed by atoms with Gasteiger partial charge in [0, 0.05) is 19.0 Å². The third-order valence-corrected chi connectivity index (χ3v) is 5.29. The monoisotopic (exact) mass is 428 g/mol. The van der Waals surface area contributed by atoms with E-state index in [9.17, 15) is 9.50 Å². The summed E-state index contributed by atoms with van der Waals surface area (Å²) in [5, 5.41) is 18.9. The maximum absolute atomic E-state index is 13.6. The van der Waals surface area contributed by atoms with Gasteiger partial charge in [-0.2, -0.15) is 0 Å². The quantitative estimate of drug-likeness (QED) is 0.435. The summed E-state index contributed by atoms with van der Waals surface area (Å²) in [6.07, 6.45) is 2.88. The van der Waals surface area contributed by atoms with E-state index >= 15 is 0 Å². The van der Waals surface area contributed by atoms with E-state index in [0.29, 0.717) is 41.3 Å². The fourth-order valence-corrected chi connectivity index (χ4v) is 3.65. The molecule has 0 fully saturated rings. The van der Waals surface area contributed by atoms with Gasteiger partial charge in [0.1, 0.15) is 17.1 Å².